The van der Waals surface area contributed by atoms with Crippen molar-refractivity contribution in [3.8, 4) is 0 Å². The van der Waals surface area contributed by atoms with Gasteiger partial charge in [-0.25, -0.2) is 15.0 Å². The molecule has 0 unspecified atom stereocenters. The molecule has 0 atom stereocenters. The number of carbonyl (C=O) groups is 2. The summed E-state index contributed by atoms with van der Waals surface area (Å²) in [5.74, 6) is 0.218. The maximum absolute atomic E-state index is 12.6. The molecule has 1 aliphatic rings. The lowest BCUT2D eigenvalue weighted by molar-refractivity contribution is -0.150. The normalized spacial score (nSPS) is 14.2. The molecule has 3 aromatic rings. The molecule has 33 heavy (non-hydrogen) atoms. The first-order chi connectivity index (χ1) is 16.0. The zero-order valence-corrected chi connectivity index (χ0v) is 19.6. The van der Waals surface area contributed by atoms with Crippen LogP contribution in [0.1, 0.15) is 37.9 Å². The van der Waals surface area contributed by atoms with Gasteiger partial charge in [-0.2, -0.15) is 0 Å². The minimum Gasteiger partial charge on any atom is -0.459 e. The average molecular weight is 466 g/mol. The van der Waals surface area contributed by atoms with Gasteiger partial charge in [-0.3, -0.25) is 14.5 Å². The van der Waals surface area contributed by atoms with Gasteiger partial charge in [0, 0.05) is 37.8 Å². The van der Waals surface area contributed by atoms with Crippen molar-refractivity contribution in [1.29, 1.82) is 0 Å². The van der Waals surface area contributed by atoms with E-state index in [0.717, 1.165) is 25.2 Å². The summed E-state index contributed by atoms with van der Waals surface area (Å²) in [5, 5.41) is 2.39. The number of amides is 1. The van der Waals surface area contributed by atoms with E-state index in [4.69, 9.17) is 4.74 Å². The van der Waals surface area contributed by atoms with Crippen molar-refractivity contribution >= 4 is 40.0 Å². The van der Waals surface area contributed by atoms with Gasteiger partial charge in [-0.1, -0.05) is 19.1 Å². The van der Waals surface area contributed by atoms with Gasteiger partial charge in [0.05, 0.1) is 17.3 Å². The molecule has 1 fully saturated rings. The number of ether oxygens (including phenoxy) is 1. The number of thiazole rings is 1. The Hall–Kier alpha value is -3.33. The first-order valence-corrected chi connectivity index (χ1v) is 12.0. The monoisotopic (exact) mass is 465 g/mol. The molecule has 2 aromatic heterocycles. The zero-order chi connectivity index (χ0) is 23.2. The van der Waals surface area contributed by atoms with Crippen LogP contribution in [0.25, 0.3) is 0 Å². The van der Waals surface area contributed by atoms with Crippen molar-refractivity contribution in [2.75, 3.05) is 22.9 Å². The number of hydrogen-bond donors (Lipinski definition) is 0. The summed E-state index contributed by atoms with van der Waals surface area (Å²) in [7, 11) is 0. The van der Waals surface area contributed by atoms with Crippen LogP contribution in [0.4, 0.5) is 16.8 Å². The molecule has 3 heterocycles. The smallest absolute Gasteiger partial charge is 0.309 e. The number of aryl methyl sites for hydroxylation is 1. The van der Waals surface area contributed by atoms with E-state index in [0.29, 0.717) is 29.6 Å². The highest BCUT2D eigenvalue weighted by Gasteiger charge is 2.27. The van der Waals surface area contributed by atoms with Gasteiger partial charge in [-0.15, -0.1) is 11.3 Å². The van der Waals surface area contributed by atoms with E-state index in [2.05, 4.69) is 26.8 Å². The highest BCUT2D eigenvalue weighted by Crippen LogP contribution is 2.30. The number of esters is 1. The van der Waals surface area contributed by atoms with E-state index in [9.17, 15) is 9.59 Å². The number of anilines is 3. The summed E-state index contributed by atoms with van der Waals surface area (Å²) in [6.45, 7) is 5.14. The lowest BCUT2D eigenvalue weighted by Crippen LogP contribution is -2.37. The number of hydrogen-bond acceptors (Lipinski definition) is 8. The third kappa shape index (κ3) is 5.54. The molecule has 1 aliphatic heterocycles. The Bertz CT molecular complexity index is 1080. The quantitative estimate of drug-likeness (QED) is 0.485. The van der Waals surface area contributed by atoms with Crippen molar-refractivity contribution < 1.29 is 14.3 Å². The van der Waals surface area contributed by atoms with Gasteiger partial charge in [-0.05, 0) is 43.0 Å². The van der Waals surface area contributed by atoms with Gasteiger partial charge < -0.3 is 9.64 Å². The Morgan fingerprint density at radius 1 is 1.15 bits per heavy atom. The topological polar surface area (TPSA) is 88.5 Å². The molecule has 4 rings (SSSR count). The summed E-state index contributed by atoms with van der Waals surface area (Å²) in [4.78, 5) is 41.6. The summed E-state index contributed by atoms with van der Waals surface area (Å²) >= 11 is 1.36. The van der Waals surface area contributed by atoms with E-state index in [-0.39, 0.29) is 24.4 Å². The lowest BCUT2D eigenvalue weighted by Gasteiger charge is -2.30. The Morgan fingerprint density at radius 2 is 1.85 bits per heavy atom. The van der Waals surface area contributed by atoms with E-state index in [1.807, 2.05) is 29.6 Å². The Morgan fingerprint density at radius 3 is 2.48 bits per heavy atom. The van der Waals surface area contributed by atoms with Gasteiger partial charge in [0.25, 0.3) is 0 Å². The van der Waals surface area contributed by atoms with Crippen LogP contribution in [0.15, 0.2) is 48.1 Å². The zero-order valence-electron chi connectivity index (χ0n) is 18.8. The van der Waals surface area contributed by atoms with Crippen LogP contribution in [0.3, 0.4) is 0 Å². The van der Waals surface area contributed by atoms with Crippen LogP contribution in [0.2, 0.25) is 0 Å². The highest BCUT2D eigenvalue weighted by molar-refractivity contribution is 7.14. The maximum atomic E-state index is 12.6. The van der Waals surface area contributed by atoms with Crippen molar-refractivity contribution in [3.05, 3.63) is 59.4 Å². The second kappa shape index (κ2) is 10.5. The minimum atomic E-state index is -0.211. The summed E-state index contributed by atoms with van der Waals surface area (Å²) in [6, 6.07) is 9.66. The summed E-state index contributed by atoms with van der Waals surface area (Å²) < 4.78 is 5.55. The predicted octanol–water partition coefficient (Wildman–Crippen LogP) is 4.14. The molecule has 0 aliphatic carbocycles. The number of carbonyl (C=O) groups excluding carboxylic acids is 2. The number of rotatable bonds is 7. The van der Waals surface area contributed by atoms with Crippen LogP contribution in [-0.4, -0.2) is 39.9 Å². The summed E-state index contributed by atoms with van der Waals surface area (Å²) in [6.07, 6.45) is 5.78. The molecule has 172 valence electrons. The molecule has 0 N–H and O–H groups in total. The molecule has 1 aromatic carbocycles. The van der Waals surface area contributed by atoms with Gasteiger partial charge >= 0.3 is 5.97 Å². The summed E-state index contributed by atoms with van der Waals surface area (Å²) in [5.41, 5.74) is 2.61. The molecule has 0 saturated carbocycles. The first kappa shape index (κ1) is 22.8. The molecule has 8 nitrogen and oxygen atoms in total. The van der Waals surface area contributed by atoms with Gasteiger partial charge in [0.1, 0.15) is 6.61 Å². The van der Waals surface area contributed by atoms with Crippen molar-refractivity contribution in [3.63, 3.8) is 0 Å². The van der Waals surface area contributed by atoms with Crippen LogP contribution in [-0.2, 0) is 27.4 Å². The van der Waals surface area contributed by atoms with Gasteiger partial charge in [0.15, 0.2) is 5.13 Å². The van der Waals surface area contributed by atoms with Crippen LogP contribution in [0.5, 0.6) is 0 Å². The number of nitrogens with zero attached hydrogens (tertiary/aromatic N) is 5. The first-order valence-electron chi connectivity index (χ1n) is 11.1. The van der Waals surface area contributed by atoms with E-state index in [1.165, 1.54) is 23.8 Å². The third-order valence-corrected chi connectivity index (χ3v) is 6.55. The van der Waals surface area contributed by atoms with Crippen molar-refractivity contribution in [2.24, 2.45) is 5.92 Å². The van der Waals surface area contributed by atoms with E-state index >= 15 is 0 Å². The molecule has 1 saturated heterocycles. The maximum Gasteiger partial charge on any atom is 0.309 e. The molecule has 0 bridgehead atoms. The predicted molar refractivity (Wildman–Crippen MR) is 128 cm³/mol. The largest absolute Gasteiger partial charge is 0.459 e. The Labute approximate surface area is 197 Å². The second-order valence-electron chi connectivity index (χ2n) is 7.91. The average Bonchev–Trinajstić information content (AvgIpc) is 3.32. The van der Waals surface area contributed by atoms with Crippen molar-refractivity contribution in [1.82, 2.24) is 15.0 Å². The minimum absolute atomic E-state index is 0.0951. The van der Waals surface area contributed by atoms with E-state index < -0.39 is 0 Å². The number of piperidine rings is 1. The molecule has 9 heteroatoms. The molecule has 1 amide bonds. The molecule has 0 spiro atoms. The Kier molecular flexibility index (Phi) is 7.29. The fourth-order valence-corrected chi connectivity index (χ4v) is 4.68. The molecular weight excluding hydrogens is 438 g/mol. The Balaban J connectivity index is 1.32. The van der Waals surface area contributed by atoms with Crippen LogP contribution >= 0.6 is 11.3 Å². The molecule has 0 radical (unpaired) electrons. The number of aromatic nitrogens is 3. The van der Waals surface area contributed by atoms with Crippen molar-refractivity contribution in [2.45, 2.75) is 39.7 Å². The van der Waals surface area contributed by atoms with Crippen LogP contribution in [0, 0.1) is 5.92 Å². The standard InChI is InChI=1S/C24H27N5O3S/c1-3-18-5-7-21(8-6-18)29(17(2)30)24-27-20(16-33-24)15-32-22(31)19-9-13-28(14-10-19)23-25-11-4-12-26-23/h4-8,11-12,16,19H,3,9-10,13-15H2,1-2H3. The second-order valence-corrected chi connectivity index (χ2v) is 8.75. The lowest BCUT2D eigenvalue weighted by atomic mass is 9.97. The third-order valence-electron chi connectivity index (χ3n) is 5.67. The fraction of sp³-hybridized carbons (Fsp3) is 0.375. The number of benzene rings is 1. The fourth-order valence-electron chi connectivity index (χ4n) is 3.81. The van der Waals surface area contributed by atoms with E-state index in [1.54, 1.807) is 23.4 Å². The van der Waals surface area contributed by atoms with Crippen LogP contribution < -0.4 is 9.80 Å². The van der Waals surface area contributed by atoms with Gasteiger partial charge in [0.2, 0.25) is 11.9 Å². The SMILES string of the molecule is CCc1ccc(N(C(C)=O)c2nc(COC(=O)C3CCN(c4ncccn4)CC3)cs2)cc1. The molecular formula is C24H27N5O3S. The highest BCUT2D eigenvalue weighted by atomic mass is 32.1.